The summed E-state index contributed by atoms with van der Waals surface area (Å²) in [6, 6.07) is 1.67. The van der Waals surface area contributed by atoms with E-state index >= 15 is 0 Å². The fraction of sp³-hybridized carbons (Fsp3) is 0.333. The van der Waals surface area contributed by atoms with Gasteiger partial charge in [-0.25, -0.2) is 9.50 Å². The molecule has 0 saturated carbocycles. The topological polar surface area (TPSA) is 77.1 Å². The first kappa shape index (κ1) is 17.1. The number of fused-ring (bicyclic) bond motifs is 1. The minimum Gasteiger partial charge on any atom is -0.351 e. The molecule has 0 unspecified atom stereocenters. The van der Waals surface area contributed by atoms with Gasteiger partial charge in [0.1, 0.15) is 0 Å². The summed E-state index contributed by atoms with van der Waals surface area (Å²) < 4.78 is 5.36. The molecule has 0 bridgehead atoms. The van der Waals surface area contributed by atoms with Crippen molar-refractivity contribution in [2.75, 3.05) is 6.54 Å². The number of hydrogen-bond donors (Lipinski definition) is 1. The minimum atomic E-state index is -0.203. The molecule has 3 aromatic rings. The summed E-state index contributed by atoms with van der Waals surface area (Å²) in [5, 5.41) is 11.6. The van der Waals surface area contributed by atoms with Crippen LogP contribution < -0.4 is 5.32 Å². The molecule has 0 fully saturated rings. The Morgan fingerprint density at radius 1 is 1.29 bits per heavy atom. The first-order chi connectivity index (χ1) is 11.5. The zero-order valence-electron chi connectivity index (χ0n) is 13.3. The Balaban J connectivity index is 1.56. The average molecular weight is 456 g/mol. The predicted molar refractivity (Wildman–Crippen MR) is 97.0 cm³/mol. The number of nitrogens with zero attached hydrogens (tertiary/aromatic N) is 5. The highest BCUT2D eigenvalue weighted by Crippen LogP contribution is 2.19. The number of halogens is 2. The Bertz CT molecular complexity index is 901. The van der Waals surface area contributed by atoms with Crippen LogP contribution >= 0.6 is 31.9 Å². The molecular weight excluding hydrogens is 440 g/mol. The second-order valence-corrected chi connectivity index (χ2v) is 7.13. The normalized spacial score (nSPS) is 11.2. The highest BCUT2D eigenvalue weighted by Gasteiger charge is 2.12. The number of aromatic nitrogens is 5. The first-order valence-electron chi connectivity index (χ1n) is 7.44. The average Bonchev–Trinajstić information content (AvgIpc) is 3.08. The van der Waals surface area contributed by atoms with Crippen LogP contribution in [-0.4, -0.2) is 36.8 Å². The van der Waals surface area contributed by atoms with Gasteiger partial charge in [0.15, 0.2) is 11.3 Å². The maximum atomic E-state index is 12.2. The summed E-state index contributed by atoms with van der Waals surface area (Å²) in [5.74, 6) is -0.203. The van der Waals surface area contributed by atoms with E-state index in [-0.39, 0.29) is 5.91 Å². The van der Waals surface area contributed by atoms with Crippen molar-refractivity contribution in [1.29, 1.82) is 0 Å². The summed E-state index contributed by atoms with van der Waals surface area (Å²) in [6.07, 6.45) is 4.22. The molecule has 1 amide bonds. The molecule has 0 aliphatic rings. The predicted octanol–water partition coefficient (Wildman–Crippen LogP) is 2.89. The Hall–Kier alpha value is -1.74. The van der Waals surface area contributed by atoms with Gasteiger partial charge in [-0.2, -0.15) is 10.2 Å². The van der Waals surface area contributed by atoms with E-state index in [1.54, 1.807) is 23.0 Å². The van der Waals surface area contributed by atoms with E-state index < -0.39 is 0 Å². The van der Waals surface area contributed by atoms with Gasteiger partial charge in [0.25, 0.3) is 5.91 Å². The van der Waals surface area contributed by atoms with Gasteiger partial charge in [-0.3, -0.25) is 9.48 Å². The molecular formula is C15H16Br2N6O. The Morgan fingerprint density at radius 3 is 2.79 bits per heavy atom. The van der Waals surface area contributed by atoms with Crippen molar-refractivity contribution in [2.45, 2.75) is 26.8 Å². The zero-order chi connectivity index (χ0) is 17.3. The van der Waals surface area contributed by atoms with Crippen LogP contribution in [0.1, 0.15) is 28.3 Å². The maximum absolute atomic E-state index is 12.2. The molecule has 0 atom stereocenters. The molecule has 0 aliphatic carbocycles. The summed E-state index contributed by atoms with van der Waals surface area (Å²) in [6.45, 7) is 5.29. The van der Waals surface area contributed by atoms with Gasteiger partial charge >= 0.3 is 0 Å². The lowest BCUT2D eigenvalue weighted by molar-refractivity contribution is 0.0947. The molecule has 24 heavy (non-hydrogen) atoms. The molecule has 7 nitrogen and oxygen atoms in total. The van der Waals surface area contributed by atoms with Gasteiger partial charge in [0.05, 0.1) is 14.6 Å². The van der Waals surface area contributed by atoms with E-state index in [4.69, 9.17) is 0 Å². The van der Waals surface area contributed by atoms with E-state index in [0.717, 1.165) is 33.3 Å². The van der Waals surface area contributed by atoms with Crippen LogP contribution in [0.25, 0.3) is 5.65 Å². The molecule has 3 aromatic heterocycles. The fourth-order valence-electron chi connectivity index (χ4n) is 2.38. The van der Waals surface area contributed by atoms with E-state index in [0.29, 0.717) is 17.9 Å². The number of carbonyl (C=O) groups is 1. The SMILES string of the molecule is Cc1nn(CCCNC(=O)c2cc3ncc(Br)cn3n2)c(C)c1Br. The highest BCUT2D eigenvalue weighted by atomic mass is 79.9. The van der Waals surface area contributed by atoms with Gasteiger partial charge in [-0.15, -0.1) is 0 Å². The minimum absolute atomic E-state index is 0.203. The Morgan fingerprint density at radius 2 is 2.08 bits per heavy atom. The zero-order valence-corrected chi connectivity index (χ0v) is 16.4. The summed E-state index contributed by atoms with van der Waals surface area (Å²) >= 11 is 6.84. The lowest BCUT2D eigenvalue weighted by Crippen LogP contribution is -2.25. The number of aryl methyl sites for hydroxylation is 2. The van der Waals surface area contributed by atoms with Crippen LogP contribution in [0.4, 0.5) is 0 Å². The van der Waals surface area contributed by atoms with Gasteiger partial charge in [-0.1, -0.05) is 0 Å². The van der Waals surface area contributed by atoms with Crippen molar-refractivity contribution in [3.8, 4) is 0 Å². The highest BCUT2D eigenvalue weighted by molar-refractivity contribution is 9.10. The van der Waals surface area contributed by atoms with Crippen LogP contribution in [0.15, 0.2) is 27.4 Å². The lowest BCUT2D eigenvalue weighted by atomic mass is 10.3. The number of amides is 1. The molecule has 1 N–H and O–H groups in total. The molecule has 3 heterocycles. The number of hydrogen-bond acceptors (Lipinski definition) is 4. The Labute approximate surface area is 155 Å². The van der Waals surface area contributed by atoms with E-state index in [1.165, 1.54) is 0 Å². The van der Waals surface area contributed by atoms with Crippen molar-refractivity contribution in [2.24, 2.45) is 0 Å². The summed E-state index contributed by atoms with van der Waals surface area (Å²) in [5.41, 5.74) is 3.06. The van der Waals surface area contributed by atoms with Gasteiger partial charge < -0.3 is 5.32 Å². The van der Waals surface area contributed by atoms with Crippen molar-refractivity contribution in [3.63, 3.8) is 0 Å². The first-order valence-corrected chi connectivity index (χ1v) is 9.03. The van der Waals surface area contributed by atoms with E-state index in [2.05, 4.69) is 52.4 Å². The molecule has 0 aliphatic heterocycles. The smallest absolute Gasteiger partial charge is 0.271 e. The van der Waals surface area contributed by atoms with Crippen molar-refractivity contribution >= 4 is 43.4 Å². The van der Waals surface area contributed by atoms with E-state index in [9.17, 15) is 4.79 Å². The largest absolute Gasteiger partial charge is 0.351 e. The van der Waals surface area contributed by atoms with Crippen LogP contribution in [0, 0.1) is 13.8 Å². The molecule has 0 saturated heterocycles. The van der Waals surface area contributed by atoms with Crippen molar-refractivity contribution < 1.29 is 4.79 Å². The molecule has 0 radical (unpaired) electrons. The van der Waals surface area contributed by atoms with Gasteiger partial charge in [0.2, 0.25) is 0 Å². The monoisotopic (exact) mass is 454 g/mol. The quantitative estimate of drug-likeness (QED) is 0.600. The van der Waals surface area contributed by atoms with Crippen LogP contribution in [0.5, 0.6) is 0 Å². The van der Waals surface area contributed by atoms with Gasteiger partial charge in [-0.05, 0) is 52.1 Å². The van der Waals surface area contributed by atoms with Crippen LogP contribution in [0.2, 0.25) is 0 Å². The number of nitrogens with one attached hydrogen (secondary N) is 1. The molecule has 0 aromatic carbocycles. The third-order valence-corrected chi connectivity index (χ3v) is 5.20. The molecule has 126 valence electrons. The van der Waals surface area contributed by atoms with Gasteiger partial charge in [0, 0.05) is 37.2 Å². The summed E-state index contributed by atoms with van der Waals surface area (Å²) in [4.78, 5) is 16.4. The van der Waals surface area contributed by atoms with Crippen molar-refractivity contribution in [3.05, 3.63) is 44.5 Å². The maximum Gasteiger partial charge on any atom is 0.271 e. The van der Waals surface area contributed by atoms with E-state index in [1.807, 2.05) is 18.5 Å². The third-order valence-electron chi connectivity index (χ3n) is 3.64. The molecule has 3 rings (SSSR count). The fourth-order valence-corrected chi connectivity index (χ4v) is 2.96. The lowest BCUT2D eigenvalue weighted by Gasteiger charge is -2.05. The number of carbonyl (C=O) groups excluding carboxylic acids is 1. The molecule has 0 spiro atoms. The standard InChI is InChI=1S/C15H16Br2N6O/c1-9-14(17)10(2)22(20-9)5-3-4-18-15(24)12-6-13-19-7-11(16)8-23(13)21-12/h6-8H,3-5H2,1-2H3,(H,18,24). The van der Waals surface area contributed by atoms with Crippen LogP contribution in [0.3, 0.4) is 0 Å². The Kier molecular flexibility index (Phi) is 5.00. The number of rotatable bonds is 5. The summed E-state index contributed by atoms with van der Waals surface area (Å²) in [7, 11) is 0. The van der Waals surface area contributed by atoms with Crippen LogP contribution in [-0.2, 0) is 6.54 Å². The molecule has 9 heteroatoms. The second-order valence-electron chi connectivity index (χ2n) is 5.42. The second kappa shape index (κ2) is 7.02. The van der Waals surface area contributed by atoms with Crippen molar-refractivity contribution in [1.82, 2.24) is 29.7 Å². The third kappa shape index (κ3) is 3.51.